The van der Waals surface area contributed by atoms with E-state index in [0.717, 1.165) is 12.8 Å². The van der Waals surface area contributed by atoms with Crippen molar-refractivity contribution < 1.29 is 48.3 Å². The Bertz CT molecular complexity index is 1940. The highest BCUT2D eigenvalue weighted by Gasteiger charge is 2.35. The predicted molar refractivity (Wildman–Crippen MR) is 281 cm³/mol. The number of amides is 9. The predicted octanol–water partition coefficient (Wildman–Crippen LogP) is -1.92. The lowest BCUT2D eigenvalue weighted by atomic mass is 10.00. The molecule has 18 N–H and O–H groups in total. The number of nitrogens with one attached hydrogen (secondary N) is 9. The fourth-order valence-electron chi connectivity index (χ4n) is 8.35. The largest absolute Gasteiger partial charge is 0.393 e. The molecular weight excluding hydrogens is 955 g/mol. The summed E-state index contributed by atoms with van der Waals surface area (Å²) >= 11 is 0. The second-order valence-electron chi connectivity index (χ2n) is 20.4. The van der Waals surface area contributed by atoms with Crippen molar-refractivity contribution in [3.63, 3.8) is 0 Å². The van der Waals surface area contributed by atoms with Gasteiger partial charge < -0.3 is 75.9 Å². The van der Waals surface area contributed by atoms with Gasteiger partial charge in [0.15, 0.2) is 0 Å². The first-order chi connectivity index (χ1) is 35.1. The van der Waals surface area contributed by atoms with Crippen molar-refractivity contribution in [1.82, 2.24) is 47.9 Å². The lowest BCUT2D eigenvalue weighted by Gasteiger charge is -2.28. The van der Waals surface area contributed by atoms with Gasteiger partial charge in [-0.05, 0) is 101 Å². The maximum absolute atomic E-state index is 14.3. The lowest BCUT2D eigenvalue weighted by molar-refractivity contribution is -0.136. The molecule has 1 aliphatic rings. The van der Waals surface area contributed by atoms with Gasteiger partial charge in [-0.3, -0.25) is 43.2 Å². The summed E-state index contributed by atoms with van der Waals surface area (Å²) in [6.07, 6.45) is 1.36. The Morgan fingerprint density at radius 3 is 1.50 bits per heavy atom. The molecule has 1 fully saturated rings. The van der Waals surface area contributed by atoms with Crippen LogP contribution in [-0.4, -0.2) is 145 Å². The molecule has 0 aliphatic carbocycles. The van der Waals surface area contributed by atoms with Crippen LogP contribution in [0.15, 0.2) is 30.3 Å². The highest BCUT2D eigenvalue weighted by molar-refractivity contribution is 5.98. The number of hydrogen-bond acceptors (Lipinski definition) is 14. The van der Waals surface area contributed by atoms with Crippen molar-refractivity contribution >= 4 is 53.2 Å². The minimum absolute atomic E-state index is 0.0372. The summed E-state index contributed by atoms with van der Waals surface area (Å²) in [5, 5.41) is 34.7. The summed E-state index contributed by atoms with van der Waals surface area (Å²) in [5.41, 5.74) is 24.3. The monoisotopic (exact) mass is 1040 g/mol. The third-order valence-electron chi connectivity index (χ3n) is 12.3. The number of carbonyl (C=O) groups is 9. The normalized spacial score (nSPS) is 23.1. The average molecular weight is 1040 g/mol. The van der Waals surface area contributed by atoms with E-state index < -0.39 is 108 Å². The quantitative estimate of drug-likeness (QED) is 0.0503. The molecule has 0 spiro atoms. The van der Waals surface area contributed by atoms with Crippen molar-refractivity contribution in [2.45, 2.75) is 179 Å². The number of benzene rings is 1. The van der Waals surface area contributed by atoms with Gasteiger partial charge in [0.1, 0.15) is 48.3 Å². The molecule has 9 atom stereocenters. The first-order valence-electron chi connectivity index (χ1n) is 26.3. The minimum Gasteiger partial charge on any atom is -0.393 e. The van der Waals surface area contributed by atoms with E-state index in [1.54, 1.807) is 30.3 Å². The van der Waals surface area contributed by atoms with Gasteiger partial charge >= 0.3 is 0 Å². The van der Waals surface area contributed by atoms with E-state index in [4.69, 9.17) is 22.9 Å². The van der Waals surface area contributed by atoms with Crippen LogP contribution in [0, 0.1) is 17.8 Å². The van der Waals surface area contributed by atoms with Crippen LogP contribution in [0.25, 0.3) is 0 Å². The molecule has 23 heteroatoms. The van der Waals surface area contributed by atoms with Crippen LogP contribution in [0.3, 0.4) is 0 Å². The molecule has 0 aromatic heterocycles. The highest BCUT2D eigenvalue weighted by Crippen LogP contribution is 2.14. The van der Waals surface area contributed by atoms with Gasteiger partial charge in [-0.1, -0.05) is 91.1 Å². The number of nitrogens with two attached hydrogens (primary N) is 4. The van der Waals surface area contributed by atoms with Crippen LogP contribution >= 0.6 is 0 Å². The molecule has 9 amide bonds. The summed E-state index contributed by atoms with van der Waals surface area (Å²) in [6, 6.07) is -1.56. The summed E-state index contributed by atoms with van der Waals surface area (Å²) in [5.74, 6) is -6.60. The van der Waals surface area contributed by atoms with E-state index in [1.165, 1.54) is 0 Å². The number of rotatable bonds is 24. The first-order valence-corrected chi connectivity index (χ1v) is 26.3. The SMILES string of the molecule is CC(C)CCCCC(O)CC(=O)N[C@H](CCN)C(=O)NC1CCNC(=O)C(CC(C)C)NC(=O)[C@H](CCN)NC(=O)[C@H](CCN)NC(=O)[C@H](Cc2ccccc2)NC(=O)[C@@H](CC(C)C)NC(=O)C(CCN)NC1=O. The Hall–Kier alpha value is -5.75. The van der Waals surface area contributed by atoms with Crippen molar-refractivity contribution in [2.75, 3.05) is 32.7 Å². The number of aliphatic hydroxyl groups excluding tert-OH is 1. The van der Waals surface area contributed by atoms with Crippen molar-refractivity contribution in [1.29, 1.82) is 0 Å². The molecular formula is C51H89N13O10. The molecule has 23 nitrogen and oxygen atoms in total. The van der Waals surface area contributed by atoms with E-state index in [-0.39, 0.29) is 102 Å². The molecule has 0 saturated carbocycles. The van der Waals surface area contributed by atoms with Crippen molar-refractivity contribution in [3.05, 3.63) is 35.9 Å². The zero-order valence-electron chi connectivity index (χ0n) is 44.5. The van der Waals surface area contributed by atoms with Crippen LogP contribution < -0.4 is 70.8 Å². The van der Waals surface area contributed by atoms with Gasteiger partial charge in [0.05, 0.1) is 12.5 Å². The van der Waals surface area contributed by atoms with Gasteiger partial charge in [0.25, 0.3) is 0 Å². The van der Waals surface area contributed by atoms with E-state index in [2.05, 4.69) is 61.7 Å². The molecule has 1 aromatic rings. The van der Waals surface area contributed by atoms with Crippen LogP contribution in [0.2, 0.25) is 0 Å². The van der Waals surface area contributed by atoms with Gasteiger partial charge in [0, 0.05) is 13.0 Å². The van der Waals surface area contributed by atoms with Gasteiger partial charge in [-0.15, -0.1) is 0 Å². The molecule has 1 aromatic carbocycles. The second-order valence-corrected chi connectivity index (χ2v) is 20.4. The fourth-order valence-corrected chi connectivity index (χ4v) is 8.35. The average Bonchev–Trinajstić information content (AvgIpc) is 3.33. The smallest absolute Gasteiger partial charge is 0.243 e. The van der Waals surface area contributed by atoms with Crippen molar-refractivity contribution in [3.8, 4) is 0 Å². The summed E-state index contributed by atoms with van der Waals surface area (Å²) < 4.78 is 0. The molecule has 1 heterocycles. The van der Waals surface area contributed by atoms with Crippen LogP contribution in [0.1, 0.15) is 124 Å². The topological polar surface area (TPSA) is 386 Å². The van der Waals surface area contributed by atoms with Crippen LogP contribution in [0.4, 0.5) is 0 Å². The van der Waals surface area contributed by atoms with Crippen LogP contribution in [0.5, 0.6) is 0 Å². The van der Waals surface area contributed by atoms with Crippen molar-refractivity contribution in [2.24, 2.45) is 40.7 Å². The summed E-state index contributed by atoms with van der Waals surface area (Å²) in [7, 11) is 0. The Kier molecular flexibility index (Phi) is 30.2. The highest BCUT2D eigenvalue weighted by atomic mass is 16.3. The number of carbonyl (C=O) groups excluding carboxylic acids is 9. The maximum Gasteiger partial charge on any atom is 0.243 e. The zero-order valence-corrected chi connectivity index (χ0v) is 44.5. The van der Waals surface area contributed by atoms with E-state index in [0.29, 0.717) is 24.3 Å². The first kappa shape index (κ1) is 64.4. The van der Waals surface area contributed by atoms with E-state index >= 15 is 0 Å². The molecule has 1 aliphatic heterocycles. The summed E-state index contributed by atoms with van der Waals surface area (Å²) in [6.45, 7) is 11.0. The third kappa shape index (κ3) is 24.5. The Morgan fingerprint density at radius 1 is 0.568 bits per heavy atom. The van der Waals surface area contributed by atoms with E-state index in [1.807, 2.05) is 27.7 Å². The van der Waals surface area contributed by atoms with Gasteiger partial charge in [-0.2, -0.15) is 0 Å². The van der Waals surface area contributed by atoms with Gasteiger partial charge in [-0.25, -0.2) is 0 Å². The Labute approximate surface area is 436 Å². The maximum atomic E-state index is 14.3. The minimum atomic E-state index is -1.46. The summed E-state index contributed by atoms with van der Waals surface area (Å²) in [4.78, 5) is 126. The van der Waals surface area contributed by atoms with E-state index in [9.17, 15) is 48.3 Å². The number of unbranched alkanes of at least 4 members (excludes halogenated alkanes) is 1. The third-order valence-corrected chi connectivity index (χ3v) is 12.3. The molecule has 1 saturated heterocycles. The van der Waals surface area contributed by atoms with Crippen LogP contribution in [-0.2, 0) is 49.6 Å². The molecule has 418 valence electrons. The standard InChI is InChI=1S/C51H89N13O10/c1-30(2)12-10-11-15-34(65)29-43(66)57-35(16-21-52)45(68)61-39-20-25-56-44(67)40(26-31(3)4)62-47(70)37(18-23-54)58-46(69)36(17-22-53)60-51(74)42(28-33-13-8-7-9-14-33)64-50(73)41(27-32(5)6)63-48(71)38(19-24-55)59-49(39)72/h7-9,13-14,30-32,34-42,65H,10-12,15-29,52-55H2,1-6H3,(H,56,67)(H,57,66)(H,58,69)(H,59,72)(H,60,74)(H,61,68)(H,62,70)(H,63,71)(H,64,73)/t34?,35-,36+,37+,38?,39?,40?,41-,42+/m1/s1. The second kappa shape index (κ2) is 34.7. The Morgan fingerprint density at radius 2 is 1.01 bits per heavy atom. The lowest BCUT2D eigenvalue weighted by Crippen LogP contribution is -2.61. The molecule has 74 heavy (non-hydrogen) atoms. The molecule has 4 unspecified atom stereocenters. The fraction of sp³-hybridized carbons (Fsp3) is 0.706. The Balaban J connectivity index is 2.67. The molecule has 2 rings (SSSR count). The number of aliphatic hydroxyl groups is 1. The number of hydrogen-bond donors (Lipinski definition) is 14. The zero-order chi connectivity index (χ0) is 55.3. The molecule has 0 bridgehead atoms. The van der Waals surface area contributed by atoms with Gasteiger partial charge in [0.2, 0.25) is 53.2 Å². The molecule has 0 radical (unpaired) electrons.